The summed E-state index contributed by atoms with van der Waals surface area (Å²) >= 11 is 0. The van der Waals surface area contributed by atoms with Gasteiger partial charge in [0.05, 0.1) is 12.8 Å². The van der Waals surface area contributed by atoms with Crippen LogP contribution in [0.1, 0.15) is 37.4 Å². The third-order valence-electron chi connectivity index (χ3n) is 6.61. The minimum Gasteiger partial charge on any atom is -0.495 e. The van der Waals surface area contributed by atoms with Crippen LogP contribution in [0.2, 0.25) is 0 Å². The Labute approximate surface area is 211 Å². The molecule has 3 atom stereocenters. The van der Waals surface area contributed by atoms with Crippen molar-refractivity contribution in [3.8, 4) is 5.75 Å². The van der Waals surface area contributed by atoms with Crippen molar-refractivity contribution >= 4 is 29.1 Å². The highest BCUT2D eigenvalue weighted by Crippen LogP contribution is 2.35. The van der Waals surface area contributed by atoms with Crippen molar-refractivity contribution in [2.75, 3.05) is 17.3 Å². The number of anilines is 2. The SMILES string of the molecule is CC[C@@H](C)C(=O)N[C@H](C(=O)N1c2ccccc2C[C@H]1C(=O)Nc1ccccc1OC)c1ccccc1. The van der Waals surface area contributed by atoms with Gasteiger partial charge in [0.25, 0.3) is 5.91 Å². The lowest BCUT2D eigenvalue weighted by Gasteiger charge is -2.30. The van der Waals surface area contributed by atoms with Crippen LogP contribution in [0.4, 0.5) is 11.4 Å². The Bertz CT molecular complexity index is 1240. The summed E-state index contributed by atoms with van der Waals surface area (Å²) in [6.45, 7) is 3.76. The predicted octanol–water partition coefficient (Wildman–Crippen LogP) is 4.50. The molecule has 1 aliphatic rings. The van der Waals surface area contributed by atoms with E-state index in [1.807, 2.05) is 74.5 Å². The van der Waals surface area contributed by atoms with Crippen molar-refractivity contribution in [3.63, 3.8) is 0 Å². The number of para-hydroxylation sites is 3. The van der Waals surface area contributed by atoms with Gasteiger partial charge in [-0.2, -0.15) is 0 Å². The van der Waals surface area contributed by atoms with Crippen molar-refractivity contribution in [1.82, 2.24) is 5.32 Å². The van der Waals surface area contributed by atoms with Crippen molar-refractivity contribution in [2.45, 2.75) is 38.8 Å². The fourth-order valence-corrected chi connectivity index (χ4v) is 4.37. The number of ether oxygens (including phenoxy) is 1. The van der Waals surface area contributed by atoms with Crippen molar-refractivity contribution in [3.05, 3.63) is 90.0 Å². The fourth-order valence-electron chi connectivity index (χ4n) is 4.37. The first-order valence-corrected chi connectivity index (χ1v) is 12.1. The highest BCUT2D eigenvalue weighted by molar-refractivity contribution is 6.10. The van der Waals surface area contributed by atoms with Crippen LogP contribution in [0, 0.1) is 5.92 Å². The van der Waals surface area contributed by atoms with Crippen LogP contribution >= 0.6 is 0 Å². The lowest BCUT2D eigenvalue weighted by atomic mass is 10.0. The molecule has 0 saturated carbocycles. The van der Waals surface area contributed by atoms with Gasteiger partial charge in [0, 0.05) is 18.0 Å². The minimum absolute atomic E-state index is 0.206. The zero-order valence-corrected chi connectivity index (χ0v) is 20.7. The highest BCUT2D eigenvalue weighted by atomic mass is 16.5. The van der Waals surface area contributed by atoms with E-state index in [4.69, 9.17) is 4.74 Å². The van der Waals surface area contributed by atoms with Gasteiger partial charge >= 0.3 is 0 Å². The molecule has 1 aliphatic heterocycles. The van der Waals surface area contributed by atoms with Crippen LogP contribution in [0.25, 0.3) is 0 Å². The Morgan fingerprint density at radius 2 is 1.64 bits per heavy atom. The van der Waals surface area contributed by atoms with E-state index in [9.17, 15) is 14.4 Å². The molecule has 1 heterocycles. The second-order valence-corrected chi connectivity index (χ2v) is 8.91. The first kappa shape index (κ1) is 25.0. The third-order valence-corrected chi connectivity index (χ3v) is 6.61. The fraction of sp³-hybridized carbons (Fsp3) is 0.276. The molecule has 0 fully saturated rings. The number of carbonyl (C=O) groups is 3. The van der Waals surface area contributed by atoms with E-state index in [1.165, 1.54) is 12.0 Å². The summed E-state index contributed by atoms with van der Waals surface area (Å²) < 4.78 is 5.38. The summed E-state index contributed by atoms with van der Waals surface area (Å²) in [4.78, 5) is 42.1. The normalized spacial score (nSPS) is 16.0. The average Bonchev–Trinajstić information content (AvgIpc) is 3.31. The second kappa shape index (κ2) is 11.1. The summed E-state index contributed by atoms with van der Waals surface area (Å²) in [6.07, 6.45) is 1.02. The zero-order chi connectivity index (χ0) is 25.7. The molecular formula is C29H31N3O4. The quantitative estimate of drug-likeness (QED) is 0.492. The first-order valence-electron chi connectivity index (χ1n) is 12.1. The number of nitrogens with one attached hydrogen (secondary N) is 2. The molecular weight excluding hydrogens is 454 g/mol. The number of nitrogens with zero attached hydrogens (tertiary/aromatic N) is 1. The summed E-state index contributed by atoms with van der Waals surface area (Å²) in [6, 6.07) is 22.0. The van der Waals surface area contributed by atoms with Crippen molar-refractivity contribution < 1.29 is 19.1 Å². The molecule has 3 amide bonds. The van der Waals surface area contributed by atoms with Gasteiger partial charge in [-0.05, 0) is 35.7 Å². The van der Waals surface area contributed by atoms with Crippen LogP contribution in [-0.2, 0) is 20.8 Å². The molecule has 0 radical (unpaired) electrons. The Balaban J connectivity index is 1.70. The van der Waals surface area contributed by atoms with E-state index < -0.39 is 12.1 Å². The molecule has 0 aliphatic carbocycles. The maximum Gasteiger partial charge on any atom is 0.254 e. The van der Waals surface area contributed by atoms with Gasteiger partial charge in [0.1, 0.15) is 17.8 Å². The molecule has 0 aromatic heterocycles. The first-order chi connectivity index (χ1) is 17.4. The van der Waals surface area contributed by atoms with E-state index in [1.54, 1.807) is 18.2 Å². The van der Waals surface area contributed by atoms with Gasteiger partial charge in [0.15, 0.2) is 0 Å². The van der Waals surface area contributed by atoms with Crippen molar-refractivity contribution in [1.29, 1.82) is 0 Å². The molecule has 3 aromatic carbocycles. The maximum absolute atomic E-state index is 14.2. The molecule has 186 valence electrons. The van der Waals surface area contributed by atoms with Gasteiger partial charge < -0.3 is 15.4 Å². The minimum atomic E-state index is -0.930. The molecule has 2 N–H and O–H groups in total. The number of hydrogen-bond donors (Lipinski definition) is 2. The number of fused-ring (bicyclic) bond motifs is 1. The van der Waals surface area contributed by atoms with Crippen LogP contribution < -0.4 is 20.3 Å². The lowest BCUT2D eigenvalue weighted by molar-refractivity contribution is -0.130. The summed E-state index contributed by atoms with van der Waals surface area (Å²) in [5.74, 6) is -0.615. The predicted molar refractivity (Wildman–Crippen MR) is 140 cm³/mol. The van der Waals surface area contributed by atoms with Gasteiger partial charge in [-0.15, -0.1) is 0 Å². The Morgan fingerprint density at radius 1 is 0.972 bits per heavy atom. The molecule has 0 saturated heterocycles. The molecule has 0 spiro atoms. The average molecular weight is 486 g/mol. The highest BCUT2D eigenvalue weighted by Gasteiger charge is 2.42. The molecule has 36 heavy (non-hydrogen) atoms. The summed E-state index contributed by atoms with van der Waals surface area (Å²) in [5.41, 5.74) is 2.75. The van der Waals surface area contributed by atoms with Gasteiger partial charge in [-0.25, -0.2) is 0 Å². The molecule has 7 nitrogen and oxygen atoms in total. The van der Waals surface area contributed by atoms with E-state index in [0.717, 1.165) is 5.56 Å². The summed E-state index contributed by atoms with van der Waals surface area (Å²) in [7, 11) is 1.54. The third kappa shape index (κ3) is 5.10. The van der Waals surface area contributed by atoms with E-state index in [2.05, 4.69) is 10.6 Å². The number of rotatable bonds is 8. The van der Waals surface area contributed by atoms with E-state index in [-0.39, 0.29) is 23.6 Å². The monoisotopic (exact) mass is 485 g/mol. The van der Waals surface area contributed by atoms with E-state index >= 15 is 0 Å². The van der Waals surface area contributed by atoms with Crippen molar-refractivity contribution in [2.24, 2.45) is 5.92 Å². The van der Waals surface area contributed by atoms with Crippen LogP contribution in [0.3, 0.4) is 0 Å². The van der Waals surface area contributed by atoms with Gasteiger partial charge in [-0.3, -0.25) is 19.3 Å². The standard InChI is InChI=1S/C29H31N3O4/c1-4-19(2)27(33)31-26(20-12-6-5-7-13-20)29(35)32-23-16-10-8-14-21(23)18-24(32)28(34)30-22-15-9-11-17-25(22)36-3/h5-17,19,24,26H,4,18H2,1-3H3,(H,30,34)(H,31,33)/t19-,24+,26+/m1/s1. The van der Waals surface area contributed by atoms with Crippen LogP contribution in [0.5, 0.6) is 5.75 Å². The molecule has 0 bridgehead atoms. The topological polar surface area (TPSA) is 87.7 Å². The molecule has 7 heteroatoms. The number of hydrogen-bond acceptors (Lipinski definition) is 4. The Hall–Kier alpha value is -4.13. The number of amides is 3. The lowest BCUT2D eigenvalue weighted by Crippen LogP contribution is -2.51. The largest absolute Gasteiger partial charge is 0.495 e. The zero-order valence-electron chi connectivity index (χ0n) is 20.7. The van der Waals surface area contributed by atoms with Gasteiger partial charge in [-0.1, -0.05) is 74.5 Å². The second-order valence-electron chi connectivity index (χ2n) is 8.91. The smallest absolute Gasteiger partial charge is 0.254 e. The van der Waals surface area contributed by atoms with Crippen LogP contribution in [0.15, 0.2) is 78.9 Å². The number of carbonyl (C=O) groups excluding carboxylic acids is 3. The molecule has 3 aromatic rings. The maximum atomic E-state index is 14.2. The molecule has 4 rings (SSSR count). The Kier molecular flexibility index (Phi) is 7.68. The van der Waals surface area contributed by atoms with E-state index in [0.29, 0.717) is 35.5 Å². The van der Waals surface area contributed by atoms with Gasteiger partial charge in [0.2, 0.25) is 11.8 Å². The number of methoxy groups -OCH3 is 1. The molecule has 0 unspecified atom stereocenters. The number of benzene rings is 3. The van der Waals surface area contributed by atoms with Crippen LogP contribution in [-0.4, -0.2) is 30.9 Å². The summed E-state index contributed by atoms with van der Waals surface area (Å²) in [5, 5.41) is 5.86. The Morgan fingerprint density at radius 3 is 2.36 bits per heavy atom.